The number of hydrogen-bond donors (Lipinski definition) is 2. The molecule has 6 nitrogen and oxygen atoms in total. The molecule has 2 aromatic rings. The third-order valence-corrected chi connectivity index (χ3v) is 4.61. The van der Waals surface area contributed by atoms with Crippen LogP contribution in [0.25, 0.3) is 0 Å². The number of rotatable bonds is 11. The van der Waals surface area contributed by atoms with E-state index in [-0.39, 0.29) is 6.10 Å². The molecule has 1 heterocycles. The van der Waals surface area contributed by atoms with E-state index >= 15 is 0 Å². The number of benzene rings is 2. The minimum Gasteiger partial charge on any atom is -0.379 e. The van der Waals surface area contributed by atoms with Crippen molar-refractivity contribution in [2.75, 3.05) is 44.8 Å². The molecule has 0 amide bonds. The van der Waals surface area contributed by atoms with Crippen molar-refractivity contribution in [3.05, 3.63) is 65.2 Å². The zero-order chi connectivity index (χ0) is 20.3. The standard InChI is InChI=1S/C23H31N3O3/c1-3-27-15-16-28-17-18-5-7-19(8-6-18)22(29-4-2)20-9-11-21(12-10-20)26-23-24-13-14-25-23/h5-12,22H,3-4,13-17H2,1-2H3,(H2,24,25,26). The summed E-state index contributed by atoms with van der Waals surface area (Å²) in [5.41, 5.74) is 4.41. The third-order valence-electron chi connectivity index (χ3n) is 4.61. The summed E-state index contributed by atoms with van der Waals surface area (Å²) in [4.78, 5) is 4.36. The zero-order valence-electron chi connectivity index (χ0n) is 17.3. The SMILES string of the molecule is CCOCCOCc1ccc(C(OCC)c2ccc(NC3=NCCN3)cc2)cc1. The number of nitrogens with zero attached hydrogens (tertiary/aromatic N) is 1. The van der Waals surface area contributed by atoms with E-state index in [1.54, 1.807) is 0 Å². The lowest BCUT2D eigenvalue weighted by molar-refractivity contribution is 0.0452. The Labute approximate surface area is 173 Å². The van der Waals surface area contributed by atoms with Crippen LogP contribution in [0, 0.1) is 0 Å². The van der Waals surface area contributed by atoms with Gasteiger partial charge in [-0.3, -0.25) is 4.99 Å². The number of anilines is 1. The van der Waals surface area contributed by atoms with E-state index in [0.29, 0.717) is 26.4 Å². The van der Waals surface area contributed by atoms with Crippen LogP contribution in [-0.4, -0.2) is 45.5 Å². The minimum atomic E-state index is -0.0936. The van der Waals surface area contributed by atoms with Gasteiger partial charge < -0.3 is 24.8 Å². The fourth-order valence-electron chi connectivity index (χ4n) is 3.15. The van der Waals surface area contributed by atoms with Gasteiger partial charge in [0.1, 0.15) is 6.10 Å². The minimum absolute atomic E-state index is 0.0936. The molecule has 0 fully saturated rings. The Morgan fingerprint density at radius 3 is 2.24 bits per heavy atom. The van der Waals surface area contributed by atoms with Crippen LogP contribution in [0.2, 0.25) is 0 Å². The van der Waals surface area contributed by atoms with Crippen LogP contribution < -0.4 is 10.6 Å². The molecule has 0 saturated heterocycles. The molecule has 0 radical (unpaired) electrons. The quantitative estimate of drug-likeness (QED) is 0.566. The van der Waals surface area contributed by atoms with Crippen molar-refractivity contribution in [1.82, 2.24) is 5.32 Å². The summed E-state index contributed by atoms with van der Waals surface area (Å²) >= 11 is 0. The molecule has 0 spiro atoms. The van der Waals surface area contributed by atoms with Gasteiger partial charge in [0.25, 0.3) is 0 Å². The lowest BCUT2D eigenvalue weighted by atomic mass is 10.00. The molecule has 0 aromatic heterocycles. The van der Waals surface area contributed by atoms with E-state index in [9.17, 15) is 0 Å². The number of nitrogens with one attached hydrogen (secondary N) is 2. The first-order chi connectivity index (χ1) is 14.3. The molecule has 2 N–H and O–H groups in total. The molecular weight excluding hydrogens is 366 g/mol. The highest BCUT2D eigenvalue weighted by Crippen LogP contribution is 2.27. The maximum Gasteiger partial charge on any atom is 0.195 e. The molecule has 29 heavy (non-hydrogen) atoms. The Morgan fingerprint density at radius 2 is 1.62 bits per heavy atom. The Kier molecular flexibility index (Phi) is 8.49. The van der Waals surface area contributed by atoms with Crippen molar-refractivity contribution in [1.29, 1.82) is 0 Å². The lowest BCUT2D eigenvalue weighted by Crippen LogP contribution is -2.26. The van der Waals surface area contributed by atoms with Crippen molar-refractivity contribution >= 4 is 11.6 Å². The predicted molar refractivity (Wildman–Crippen MR) is 116 cm³/mol. The summed E-state index contributed by atoms with van der Waals surface area (Å²) in [5.74, 6) is 0.832. The number of aliphatic imine (C=N–C) groups is 1. The van der Waals surface area contributed by atoms with Crippen LogP contribution >= 0.6 is 0 Å². The normalized spacial score (nSPS) is 14.3. The molecule has 3 rings (SSSR count). The predicted octanol–water partition coefficient (Wildman–Crippen LogP) is 3.74. The summed E-state index contributed by atoms with van der Waals surface area (Å²) in [6, 6.07) is 16.8. The van der Waals surface area contributed by atoms with Crippen LogP contribution in [0.5, 0.6) is 0 Å². The molecular formula is C23H31N3O3. The van der Waals surface area contributed by atoms with Crippen molar-refractivity contribution < 1.29 is 14.2 Å². The van der Waals surface area contributed by atoms with Gasteiger partial charge in [0.15, 0.2) is 5.96 Å². The van der Waals surface area contributed by atoms with Crippen molar-refractivity contribution in [3.63, 3.8) is 0 Å². The highest BCUT2D eigenvalue weighted by molar-refractivity contribution is 5.94. The smallest absolute Gasteiger partial charge is 0.195 e. The summed E-state index contributed by atoms with van der Waals surface area (Å²) in [6.07, 6.45) is -0.0936. The first kappa shape index (κ1) is 21.3. The molecule has 1 aliphatic heterocycles. The van der Waals surface area contributed by atoms with Crippen LogP contribution in [0.3, 0.4) is 0 Å². The largest absolute Gasteiger partial charge is 0.379 e. The second kappa shape index (κ2) is 11.6. The van der Waals surface area contributed by atoms with Crippen molar-refractivity contribution in [2.24, 2.45) is 4.99 Å². The molecule has 1 atom stereocenters. The Morgan fingerprint density at radius 1 is 0.931 bits per heavy atom. The second-order valence-electron chi connectivity index (χ2n) is 6.73. The van der Waals surface area contributed by atoms with Crippen LogP contribution in [-0.2, 0) is 20.8 Å². The summed E-state index contributed by atoms with van der Waals surface area (Å²) in [6.45, 7) is 8.92. The van der Waals surface area contributed by atoms with Crippen molar-refractivity contribution in [3.8, 4) is 0 Å². The molecule has 156 valence electrons. The van der Waals surface area contributed by atoms with Gasteiger partial charge in [-0.2, -0.15) is 0 Å². The van der Waals surface area contributed by atoms with Crippen LogP contribution in [0.1, 0.15) is 36.6 Å². The van der Waals surface area contributed by atoms with Gasteiger partial charge in [-0.05, 0) is 42.7 Å². The van der Waals surface area contributed by atoms with Gasteiger partial charge in [-0.15, -0.1) is 0 Å². The Bertz CT molecular complexity index is 760. The van der Waals surface area contributed by atoms with Gasteiger partial charge in [0.2, 0.25) is 0 Å². The van der Waals surface area contributed by atoms with Gasteiger partial charge in [-0.25, -0.2) is 0 Å². The maximum atomic E-state index is 6.05. The Balaban J connectivity index is 1.61. The van der Waals surface area contributed by atoms with E-state index < -0.39 is 0 Å². The number of hydrogen-bond acceptors (Lipinski definition) is 6. The second-order valence-corrected chi connectivity index (χ2v) is 6.73. The van der Waals surface area contributed by atoms with E-state index in [2.05, 4.69) is 64.2 Å². The van der Waals surface area contributed by atoms with Crippen LogP contribution in [0.4, 0.5) is 5.69 Å². The van der Waals surface area contributed by atoms with Gasteiger partial charge in [-0.1, -0.05) is 36.4 Å². The average molecular weight is 398 g/mol. The zero-order valence-corrected chi connectivity index (χ0v) is 17.3. The fraction of sp³-hybridized carbons (Fsp3) is 0.435. The molecule has 2 aromatic carbocycles. The highest BCUT2D eigenvalue weighted by Gasteiger charge is 2.15. The molecule has 1 unspecified atom stereocenters. The average Bonchev–Trinajstić information content (AvgIpc) is 3.26. The van der Waals surface area contributed by atoms with Crippen LogP contribution in [0.15, 0.2) is 53.5 Å². The first-order valence-electron chi connectivity index (χ1n) is 10.3. The summed E-state index contributed by atoms with van der Waals surface area (Å²) < 4.78 is 17.0. The Hall–Kier alpha value is -2.41. The van der Waals surface area contributed by atoms with Gasteiger partial charge in [0.05, 0.1) is 26.4 Å². The molecule has 0 aliphatic carbocycles. The molecule has 6 heteroatoms. The molecule has 0 saturated carbocycles. The number of ether oxygens (including phenoxy) is 3. The first-order valence-corrected chi connectivity index (χ1v) is 10.3. The van der Waals surface area contributed by atoms with Crippen molar-refractivity contribution in [2.45, 2.75) is 26.6 Å². The third kappa shape index (κ3) is 6.56. The molecule has 0 bridgehead atoms. The topological polar surface area (TPSA) is 64.1 Å². The lowest BCUT2D eigenvalue weighted by Gasteiger charge is -2.19. The molecule has 1 aliphatic rings. The van der Waals surface area contributed by atoms with E-state index in [0.717, 1.165) is 48.0 Å². The fourth-order valence-corrected chi connectivity index (χ4v) is 3.15. The number of guanidine groups is 1. The van der Waals surface area contributed by atoms with E-state index in [1.807, 2.05) is 13.8 Å². The summed E-state index contributed by atoms with van der Waals surface area (Å²) in [5, 5.41) is 6.51. The van der Waals surface area contributed by atoms with Gasteiger partial charge in [0, 0.05) is 25.4 Å². The van der Waals surface area contributed by atoms with Gasteiger partial charge >= 0.3 is 0 Å². The highest BCUT2D eigenvalue weighted by atomic mass is 16.5. The monoisotopic (exact) mass is 397 g/mol. The maximum absolute atomic E-state index is 6.05. The van der Waals surface area contributed by atoms with E-state index in [4.69, 9.17) is 14.2 Å². The van der Waals surface area contributed by atoms with E-state index in [1.165, 1.54) is 0 Å². The summed E-state index contributed by atoms with van der Waals surface area (Å²) in [7, 11) is 0.